The summed E-state index contributed by atoms with van der Waals surface area (Å²) in [6.07, 6.45) is 9.37. The van der Waals surface area contributed by atoms with E-state index in [9.17, 15) is 5.11 Å². The fourth-order valence-electron chi connectivity index (χ4n) is 3.16. The number of ether oxygens (including phenoxy) is 1. The van der Waals surface area contributed by atoms with E-state index in [1.165, 1.54) is 38.5 Å². The molecule has 3 heteroatoms. The van der Waals surface area contributed by atoms with Crippen LogP contribution in [-0.4, -0.2) is 18.3 Å². The van der Waals surface area contributed by atoms with Crippen LogP contribution in [0, 0.1) is 5.92 Å². The van der Waals surface area contributed by atoms with Crippen molar-refractivity contribution in [2.75, 3.05) is 7.11 Å². The van der Waals surface area contributed by atoms with Gasteiger partial charge in [0.1, 0.15) is 5.75 Å². The summed E-state index contributed by atoms with van der Waals surface area (Å²) in [4.78, 5) is 0. The zero-order chi connectivity index (χ0) is 14.4. The van der Waals surface area contributed by atoms with Crippen LogP contribution in [0.25, 0.3) is 0 Å². The third kappa shape index (κ3) is 4.78. The first kappa shape index (κ1) is 15.8. The van der Waals surface area contributed by atoms with E-state index in [0.717, 1.165) is 22.2 Å². The van der Waals surface area contributed by atoms with Gasteiger partial charge in [-0.2, -0.15) is 0 Å². The molecule has 1 fully saturated rings. The zero-order valence-electron chi connectivity index (χ0n) is 12.3. The molecule has 1 aliphatic carbocycles. The van der Waals surface area contributed by atoms with Crippen LogP contribution in [0.2, 0.25) is 0 Å². The average molecular weight is 341 g/mol. The Bertz CT molecular complexity index is 411. The number of aliphatic hydroxyl groups excluding tert-OH is 1. The Kier molecular flexibility index (Phi) is 6.37. The molecule has 1 aromatic carbocycles. The highest BCUT2D eigenvalue weighted by atomic mass is 79.9. The fraction of sp³-hybridized carbons (Fsp3) is 0.647. The minimum atomic E-state index is -0.249. The number of aliphatic hydroxyl groups is 1. The molecule has 1 atom stereocenters. The van der Waals surface area contributed by atoms with Crippen molar-refractivity contribution in [3.8, 4) is 5.75 Å². The fourth-order valence-corrected chi connectivity index (χ4v) is 3.56. The van der Waals surface area contributed by atoms with Crippen molar-refractivity contribution in [1.82, 2.24) is 0 Å². The Hall–Kier alpha value is -0.540. The second-order valence-corrected chi connectivity index (χ2v) is 6.76. The summed E-state index contributed by atoms with van der Waals surface area (Å²) in [6.45, 7) is 0. The molecule has 1 saturated carbocycles. The van der Waals surface area contributed by atoms with Gasteiger partial charge >= 0.3 is 0 Å². The molecule has 0 aliphatic heterocycles. The van der Waals surface area contributed by atoms with Crippen LogP contribution in [0.3, 0.4) is 0 Å². The Balaban J connectivity index is 1.91. The van der Waals surface area contributed by atoms with Crippen LogP contribution in [0.5, 0.6) is 5.75 Å². The first-order valence-corrected chi connectivity index (χ1v) is 8.49. The number of hydrogen-bond acceptors (Lipinski definition) is 2. The van der Waals surface area contributed by atoms with Gasteiger partial charge in [-0.05, 0) is 42.5 Å². The molecule has 0 aromatic heterocycles. The second-order valence-electron chi connectivity index (χ2n) is 5.91. The van der Waals surface area contributed by atoms with E-state index < -0.39 is 0 Å². The van der Waals surface area contributed by atoms with Crippen LogP contribution in [-0.2, 0) is 6.42 Å². The zero-order valence-corrected chi connectivity index (χ0v) is 13.9. The lowest BCUT2D eigenvalue weighted by atomic mass is 9.91. The lowest BCUT2D eigenvalue weighted by molar-refractivity contribution is 0.137. The van der Waals surface area contributed by atoms with Crippen molar-refractivity contribution in [2.24, 2.45) is 5.92 Å². The molecule has 0 saturated heterocycles. The Labute approximate surface area is 130 Å². The summed E-state index contributed by atoms with van der Waals surface area (Å²) in [5.41, 5.74) is 1.13. The molecule has 2 nitrogen and oxygen atoms in total. The lowest BCUT2D eigenvalue weighted by Crippen LogP contribution is -2.16. The summed E-state index contributed by atoms with van der Waals surface area (Å²) in [6, 6.07) is 5.94. The van der Waals surface area contributed by atoms with E-state index in [0.29, 0.717) is 12.3 Å². The Morgan fingerprint density at radius 1 is 1.25 bits per heavy atom. The molecule has 0 spiro atoms. The van der Waals surface area contributed by atoms with Crippen molar-refractivity contribution in [3.05, 3.63) is 28.2 Å². The molecular weight excluding hydrogens is 316 g/mol. The molecular formula is C17H25BrO2. The van der Waals surface area contributed by atoms with Crippen LogP contribution in [0.15, 0.2) is 22.7 Å². The first-order chi connectivity index (χ1) is 9.69. The molecule has 1 N–H and O–H groups in total. The van der Waals surface area contributed by atoms with E-state index in [-0.39, 0.29) is 6.10 Å². The Morgan fingerprint density at radius 3 is 2.60 bits per heavy atom. The van der Waals surface area contributed by atoms with Crippen molar-refractivity contribution in [3.63, 3.8) is 0 Å². The summed E-state index contributed by atoms with van der Waals surface area (Å²) < 4.78 is 6.31. The Morgan fingerprint density at radius 2 is 1.95 bits per heavy atom. The van der Waals surface area contributed by atoms with Crippen molar-refractivity contribution >= 4 is 15.9 Å². The van der Waals surface area contributed by atoms with Gasteiger partial charge in [0.15, 0.2) is 0 Å². The maximum atomic E-state index is 10.4. The quantitative estimate of drug-likeness (QED) is 0.785. The molecule has 0 radical (unpaired) electrons. The number of rotatable bonds is 5. The van der Waals surface area contributed by atoms with E-state index in [2.05, 4.69) is 15.9 Å². The summed E-state index contributed by atoms with van der Waals surface area (Å²) in [5, 5.41) is 10.4. The minimum absolute atomic E-state index is 0.249. The normalized spacial score (nSPS) is 18.6. The van der Waals surface area contributed by atoms with E-state index in [1.54, 1.807) is 7.11 Å². The molecule has 1 unspecified atom stereocenters. The molecule has 0 heterocycles. The predicted molar refractivity (Wildman–Crippen MR) is 86.2 cm³/mol. The topological polar surface area (TPSA) is 29.5 Å². The van der Waals surface area contributed by atoms with Crippen molar-refractivity contribution < 1.29 is 9.84 Å². The first-order valence-electron chi connectivity index (χ1n) is 7.69. The van der Waals surface area contributed by atoms with Gasteiger partial charge in [-0.25, -0.2) is 0 Å². The summed E-state index contributed by atoms with van der Waals surface area (Å²) in [5.74, 6) is 1.56. The third-order valence-electron chi connectivity index (χ3n) is 4.29. The van der Waals surface area contributed by atoms with Gasteiger partial charge in [-0.1, -0.05) is 54.5 Å². The average Bonchev–Trinajstić information content (AvgIpc) is 2.70. The number of halogens is 1. The third-order valence-corrected chi connectivity index (χ3v) is 5.06. The van der Waals surface area contributed by atoms with Crippen LogP contribution < -0.4 is 4.74 Å². The van der Waals surface area contributed by atoms with Crippen LogP contribution in [0.1, 0.15) is 50.5 Å². The van der Waals surface area contributed by atoms with Crippen LogP contribution in [0.4, 0.5) is 0 Å². The highest BCUT2D eigenvalue weighted by Gasteiger charge is 2.17. The largest absolute Gasteiger partial charge is 0.497 e. The number of methoxy groups -OCH3 is 1. The van der Waals surface area contributed by atoms with Gasteiger partial charge in [0, 0.05) is 4.47 Å². The second kappa shape index (κ2) is 8.04. The van der Waals surface area contributed by atoms with E-state index in [1.807, 2.05) is 18.2 Å². The highest BCUT2D eigenvalue weighted by Crippen LogP contribution is 2.29. The monoisotopic (exact) mass is 340 g/mol. The van der Waals surface area contributed by atoms with Crippen molar-refractivity contribution in [2.45, 2.75) is 57.5 Å². The molecule has 20 heavy (non-hydrogen) atoms. The summed E-state index contributed by atoms with van der Waals surface area (Å²) in [7, 11) is 1.68. The summed E-state index contributed by atoms with van der Waals surface area (Å²) >= 11 is 3.56. The smallest absolute Gasteiger partial charge is 0.119 e. The van der Waals surface area contributed by atoms with E-state index >= 15 is 0 Å². The maximum absolute atomic E-state index is 10.4. The molecule has 0 amide bonds. The molecule has 2 rings (SSSR count). The molecule has 112 valence electrons. The van der Waals surface area contributed by atoms with Gasteiger partial charge in [0.25, 0.3) is 0 Å². The number of hydrogen-bond donors (Lipinski definition) is 1. The lowest BCUT2D eigenvalue weighted by Gasteiger charge is -2.19. The minimum Gasteiger partial charge on any atom is -0.497 e. The molecule has 0 bridgehead atoms. The predicted octanol–water partition coefficient (Wildman–Crippen LogP) is 4.72. The standard InChI is InChI=1S/C17H25BrO2/c1-20-16-8-9-17(18)14(12-16)11-15(19)10-13-6-4-2-3-5-7-13/h8-9,12-13,15,19H,2-7,10-11H2,1H3. The maximum Gasteiger partial charge on any atom is 0.119 e. The van der Waals surface area contributed by atoms with Gasteiger partial charge in [0.05, 0.1) is 13.2 Å². The highest BCUT2D eigenvalue weighted by molar-refractivity contribution is 9.10. The van der Waals surface area contributed by atoms with Gasteiger partial charge < -0.3 is 9.84 Å². The van der Waals surface area contributed by atoms with Gasteiger partial charge in [0.2, 0.25) is 0 Å². The molecule has 1 aliphatic rings. The van der Waals surface area contributed by atoms with Gasteiger partial charge in [-0.3, -0.25) is 0 Å². The van der Waals surface area contributed by atoms with Crippen molar-refractivity contribution in [1.29, 1.82) is 0 Å². The van der Waals surface area contributed by atoms with Crippen LogP contribution >= 0.6 is 15.9 Å². The van der Waals surface area contributed by atoms with Gasteiger partial charge in [-0.15, -0.1) is 0 Å². The SMILES string of the molecule is COc1ccc(Br)c(CC(O)CC2CCCCCC2)c1. The molecule has 1 aromatic rings. The number of benzene rings is 1. The van der Waals surface area contributed by atoms with E-state index in [4.69, 9.17) is 4.74 Å².